The zero-order chi connectivity index (χ0) is 18.5. The Morgan fingerprint density at radius 2 is 1.63 bits per heavy atom. The van der Waals surface area contributed by atoms with E-state index in [2.05, 4.69) is 28.7 Å². The predicted molar refractivity (Wildman–Crippen MR) is 110 cm³/mol. The quantitative estimate of drug-likeness (QED) is 0.754. The Balaban J connectivity index is 1.06. The van der Waals surface area contributed by atoms with E-state index in [1.165, 1.54) is 97.2 Å². The summed E-state index contributed by atoms with van der Waals surface area (Å²) in [7, 11) is 2.27. The Hall–Kier alpha value is -0.160. The van der Waals surface area contributed by atoms with Gasteiger partial charge in [0.1, 0.15) is 0 Å². The molecule has 2 aliphatic carbocycles. The van der Waals surface area contributed by atoms with Crippen LogP contribution in [0.2, 0.25) is 0 Å². The number of hydrogen-bond donors (Lipinski definition) is 0. The van der Waals surface area contributed by atoms with Gasteiger partial charge in [-0.2, -0.15) is 0 Å². The van der Waals surface area contributed by atoms with Gasteiger partial charge in [-0.25, -0.2) is 0 Å². The molecule has 5 rings (SSSR count). The van der Waals surface area contributed by atoms with Crippen molar-refractivity contribution in [2.24, 2.45) is 17.3 Å². The van der Waals surface area contributed by atoms with Crippen LogP contribution in [0.4, 0.5) is 0 Å². The van der Waals surface area contributed by atoms with Crippen LogP contribution in [0.1, 0.15) is 58.3 Å². The van der Waals surface area contributed by atoms with Crippen molar-refractivity contribution in [3.63, 3.8) is 0 Å². The first-order valence-electron chi connectivity index (χ1n) is 11.8. The molecule has 3 aliphatic heterocycles. The van der Waals surface area contributed by atoms with Crippen molar-refractivity contribution in [2.75, 3.05) is 59.5 Å². The van der Waals surface area contributed by atoms with Crippen molar-refractivity contribution in [2.45, 2.75) is 69.9 Å². The van der Waals surface area contributed by atoms with Crippen LogP contribution >= 0.6 is 0 Å². The van der Waals surface area contributed by atoms with Crippen LogP contribution in [0.3, 0.4) is 0 Å². The minimum atomic E-state index is 0.248. The molecule has 0 N–H and O–H groups in total. The maximum absolute atomic E-state index is 6.20. The first kappa shape index (κ1) is 18.8. The standard InChI is InChI=1S/C23H41N3O/c1-19-13-23(14-19)18-26(11-12-27-23)21-15-22(16-21)5-9-25(10-6-22)17-20-3-7-24(2)8-4-20/h19-21H,3-18H2,1-2H3. The molecule has 0 radical (unpaired) electrons. The number of likely N-dealkylation sites (tertiary alicyclic amines) is 2. The van der Waals surface area contributed by atoms with E-state index in [0.717, 1.165) is 24.5 Å². The van der Waals surface area contributed by atoms with Crippen LogP contribution in [0.25, 0.3) is 0 Å². The lowest BCUT2D eigenvalue weighted by molar-refractivity contribution is -0.191. The van der Waals surface area contributed by atoms with Gasteiger partial charge in [0.2, 0.25) is 0 Å². The zero-order valence-corrected chi connectivity index (χ0v) is 17.8. The van der Waals surface area contributed by atoms with Crippen LogP contribution in [0.5, 0.6) is 0 Å². The van der Waals surface area contributed by atoms with Crippen molar-refractivity contribution in [1.29, 1.82) is 0 Å². The Bertz CT molecular complexity index is 502. The Morgan fingerprint density at radius 1 is 0.926 bits per heavy atom. The summed E-state index contributed by atoms with van der Waals surface area (Å²) in [6.07, 6.45) is 11.3. The van der Waals surface area contributed by atoms with Gasteiger partial charge in [0, 0.05) is 25.7 Å². The SMILES string of the molecule is CC1CC2(C1)CN(C1CC3(CCN(CC4CCN(C)CC4)CC3)C1)CCO2. The molecular weight excluding hydrogens is 334 g/mol. The van der Waals surface area contributed by atoms with Crippen LogP contribution in [0, 0.1) is 17.3 Å². The largest absolute Gasteiger partial charge is 0.372 e. The maximum atomic E-state index is 6.20. The van der Waals surface area contributed by atoms with E-state index in [9.17, 15) is 0 Å². The van der Waals surface area contributed by atoms with E-state index in [0.29, 0.717) is 5.41 Å². The molecule has 0 aromatic rings. The van der Waals surface area contributed by atoms with Crippen molar-refractivity contribution in [1.82, 2.24) is 14.7 Å². The molecule has 0 bridgehead atoms. The number of rotatable bonds is 3. The van der Waals surface area contributed by atoms with Crippen LogP contribution in [0.15, 0.2) is 0 Å². The lowest BCUT2D eigenvalue weighted by atomic mass is 9.59. The summed E-state index contributed by atoms with van der Waals surface area (Å²) >= 11 is 0. The average molecular weight is 376 g/mol. The molecule has 0 unspecified atom stereocenters. The van der Waals surface area contributed by atoms with Crippen LogP contribution in [-0.2, 0) is 4.74 Å². The summed E-state index contributed by atoms with van der Waals surface area (Å²) in [5, 5.41) is 0. The maximum Gasteiger partial charge on any atom is 0.0814 e. The Morgan fingerprint density at radius 3 is 2.30 bits per heavy atom. The molecule has 3 saturated heterocycles. The van der Waals surface area contributed by atoms with E-state index in [1.807, 2.05) is 0 Å². The lowest BCUT2D eigenvalue weighted by Gasteiger charge is -2.59. The molecule has 0 atom stereocenters. The number of nitrogens with zero attached hydrogens (tertiary/aromatic N) is 3. The molecule has 5 fully saturated rings. The molecule has 0 aromatic carbocycles. The zero-order valence-electron chi connectivity index (χ0n) is 17.8. The highest BCUT2D eigenvalue weighted by molar-refractivity contribution is 5.05. The fourth-order valence-electron chi connectivity index (χ4n) is 7.07. The van der Waals surface area contributed by atoms with Gasteiger partial charge in [0.15, 0.2) is 0 Å². The van der Waals surface area contributed by atoms with Gasteiger partial charge in [0.05, 0.1) is 12.2 Å². The first-order chi connectivity index (χ1) is 13.0. The minimum Gasteiger partial charge on any atom is -0.372 e. The van der Waals surface area contributed by atoms with E-state index in [1.54, 1.807) is 0 Å². The van der Waals surface area contributed by atoms with Gasteiger partial charge in [-0.15, -0.1) is 0 Å². The Kier molecular flexibility index (Phi) is 5.07. The molecule has 0 aromatic heterocycles. The average Bonchev–Trinajstić information content (AvgIpc) is 2.62. The molecular formula is C23H41N3O. The van der Waals surface area contributed by atoms with Gasteiger partial charge in [-0.1, -0.05) is 6.92 Å². The monoisotopic (exact) mass is 375 g/mol. The normalized spacial score (nSPS) is 36.0. The summed E-state index contributed by atoms with van der Waals surface area (Å²) in [4.78, 5) is 8.11. The number of ether oxygens (including phenoxy) is 1. The molecule has 4 heteroatoms. The van der Waals surface area contributed by atoms with Crippen LogP contribution < -0.4 is 0 Å². The highest BCUT2D eigenvalue weighted by Gasteiger charge is 2.52. The minimum absolute atomic E-state index is 0.248. The third-order valence-electron chi connectivity index (χ3n) is 8.84. The third kappa shape index (κ3) is 3.84. The van der Waals surface area contributed by atoms with E-state index < -0.39 is 0 Å². The summed E-state index contributed by atoms with van der Waals surface area (Å²) < 4.78 is 6.20. The summed E-state index contributed by atoms with van der Waals surface area (Å²) in [6, 6.07) is 0.863. The van der Waals surface area contributed by atoms with E-state index >= 15 is 0 Å². The van der Waals surface area contributed by atoms with Gasteiger partial charge >= 0.3 is 0 Å². The molecule has 2 spiro atoms. The predicted octanol–water partition coefficient (Wildman–Crippen LogP) is 3.07. The Labute approximate surface area is 166 Å². The van der Waals surface area contributed by atoms with Gasteiger partial charge < -0.3 is 14.5 Å². The molecule has 27 heavy (non-hydrogen) atoms. The van der Waals surface area contributed by atoms with Crippen LogP contribution in [-0.4, -0.2) is 85.8 Å². The molecule has 3 heterocycles. The van der Waals surface area contributed by atoms with Gasteiger partial charge in [-0.05, 0) is 102 Å². The highest BCUT2D eigenvalue weighted by Crippen LogP contribution is 2.52. The topological polar surface area (TPSA) is 19.0 Å². The number of piperidine rings is 2. The number of hydrogen-bond acceptors (Lipinski definition) is 4. The second kappa shape index (κ2) is 7.27. The van der Waals surface area contributed by atoms with Crippen molar-refractivity contribution in [3.05, 3.63) is 0 Å². The fourth-order valence-corrected chi connectivity index (χ4v) is 7.07. The summed E-state index contributed by atoms with van der Waals surface area (Å²) in [6.45, 7) is 12.5. The van der Waals surface area contributed by atoms with Crippen molar-refractivity contribution < 1.29 is 4.74 Å². The van der Waals surface area contributed by atoms with E-state index in [-0.39, 0.29) is 5.60 Å². The van der Waals surface area contributed by atoms with Gasteiger partial charge in [0.25, 0.3) is 0 Å². The molecule has 154 valence electrons. The highest BCUT2D eigenvalue weighted by atomic mass is 16.5. The van der Waals surface area contributed by atoms with Gasteiger partial charge in [-0.3, -0.25) is 4.90 Å². The second-order valence-corrected chi connectivity index (χ2v) is 11.1. The molecule has 0 amide bonds. The van der Waals surface area contributed by atoms with Crippen molar-refractivity contribution >= 4 is 0 Å². The lowest BCUT2D eigenvalue weighted by Crippen LogP contribution is -2.64. The fraction of sp³-hybridized carbons (Fsp3) is 1.00. The molecule has 2 saturated carbocycles. The first-order valence-corrected chi connectivity index (χ1v) is 11.8. The second-order valence-electron chi connectivity index (χ2n) is 11.1. The summed E-state index contributed by atoms with van der Waals surface area (Å²) in [5.74, 6) is 1.84. The van der Waals surface area contributed by atoms with Crippen molar-refractivity contribution in [3.8, 4) is 0 Å². The van der Waals surface area contributed by atoms with E-state index in [4.69, 9.17) is 4.74 Å². The molecule has 4 nitrogen and oxygen atoms in total. The third-order valence-corrected chi connectivity index (χ3v) is 8.84. The summed E-state index contributed by atoms with van der Waals surface area (Å²) in [5.41, 5.74) is 0.949. The molecule has 5 aliphatic rings. The smallest absolute Gasteiger partial charge is 0.0814 e. The number of morpholine rings is 1.